The Kier molecular flexibility index (Phi) is 4.22. The first-order chi connectivity index (χ1) is 7.70. The van der Waals surface area contributed by atoms with Gasteiger partial charge >= 0.3 is 0 Å². The number of rotatable bonds is 2. The van der Waals surface area contributed by atoms with Gasteiger partial charge in [0, 0.05) is 31.2 Å². The molecule has 2 aliphatic rings. The summed E-state index contributed by atoms with van der Waals surface area (Å²) in [5, 5.41) is 3.61. The molecule has 2 fully saturated rings. The number of hydrogen-bond acceptors (Lipinski definition) is 3. The fourth-order valence-corrected chi connectivity index (χ4v) is 3.14. The van der Waals surface area contributed by atoms with Gasteiger partial charge in [0.25, 0.3) is 0 Å². The van der Waals surface area contributed by atoms with Crippen LogP contribution in [0.4, 0.5) is 0 Å². The highest BCUT2D eigenvalue weighted by molar-refractivity contribution is 4.89. The summed E-state index contributed by atoms with van der Waals surface area (Å²) in [5.74, 6) is 0. The first-order valence-electron chi connectivity index (χ1n) is 6.88. The van der Waals surface area contributed by atoms with Gasteiger partial charge in [-0.25, -0.2) is 0 Å². The minimum absolute atomic E-state index is 0.669. The summed E-state index contributed by atoms with van der Waals surface area (Å²) in [5.41, 5.74) is 0. The SMILES string of the molecule is CCC1CNC(C)CN1C1CCN(C)CC1. The molecule has 1 N–H and O–H groups in total. The van der Waals surface area contributed by atoms with E-state index < -0.39 is 0 Å². The van der Waals surface area contributed by atoms with Gasteiger partial charge in [-0.3, -0.25) is 4.90 Å². The summed E-state index contributed by atoms with van der Waals surface area (Å²) >= 11 is 0. The lowest BCUT2D eigenvalue weighted by molar-refractivity contribution is 0.0484. The van der Waals surface area contributed by atoms with Crippen molar-refractivity contribution >= 4 is 0 Å². The molecule has 3 heteroatoms. The zero-order valence-corrected chi connectivity index (χ0v) is 11.1. The monoisotopic (exact) mass is 225 g/mol. The maximum absolute atomic E-state index is 3.61. The summed E-state index contributed by atoms with van der Waals surface area (Å²) in [6.07, 6.45) is 4.01. The van der Waals surface area contributed by atoms with Crippen LogP contribution in [0.25, 0.3) is 0 Å². The second-order valence-corrected chi connectivity index (χ2v) is 5.60. The Balaban J connectivity index is 1.94. The van der Waals surface area contributed by atoms with Crippen LogP contribution in [0.1, 0.15) is 33.1 Å². The summed E-state index contributed by atoms with van der Waals surface area (Å²) in [6.45, 7) is 9.62. The molecule has 2 unspecified atom stereocenters. The van der Waals surface area contributed by atoms with Crippen LogP contribution >= 0.6 is 0 Å². The minimum Gasteiger partial charge on any atom is -0.311 e. The van der Waals surface area contributed by atoms with Crippen molar-refractivity contribution in [2.75, 3.05) is 33.2 Å². The van der Waals surface area contributed by atoms with E-state index in [2.05, 4.69) is 36.0 Å². The number of likely N-dealkylation sites (tertiary alicyclic amines) is 1. The topological polar surface area (TPSA) is 18.5 Å². The third-order valence-corrected chi connectivity index (χ3v) is 4.28. The van der Waals surface area contributed by atoms with Gasteiger partial charge in [0.1, 0.15) is 0 Å². The van der Waals surface area contributed by atoms with Gasteiger partial charge in [0.2, 0.25) is 0 Å². The molecule has 0 aromatic carbocycles. The molecule has 0 radical (unpaired) electrons. The van der Waals surface area contributed by atoms with E-state index in [9.17, 15) is 0 Å². The Morgan fingerprint density at radius 3 is 2.56 bits per heavy atom. The predicted molar refractivity (Wildman–Crippen MR) is 68.8 cm³/mol. The van der Waals surface area contributed by atoms with Gasteiger partial charge in [0.05, 0.1) is 0 Å². The highest BCUT2D eigenvalue weighted by Gasteiger charge is 2.31. The fourth-order valence-electron chi connectivity index (χ4n) is 3.14. The number of nitrogens with zero attached hydrogens (tertiary/aromatic N) is 2. The van der Waals surface area contributed by atoms with Crippen LogP contribution in [0, 0.1) is 0 Å². The smallest absolute Gasteiger partial charge is 0.0221 e. The normalized spacial score (nSPS) is 35.4. The second-order valence-electron chi connectivity index (χ2n) is 5.60. The standard InChI is InChI=1S/C13H27N3/c1-4-12-9-14-11(2)10-16(12)13-5-7-15(3)8-6-13/h11-14H,4-10H2,1-3H3. The van der Waals surface area contributed by atoms with E-state index in [0.29, 0.717) is 6.04 Å². The first-order valence-corrected chi connectivity index (χ1v) is 6.88. The molecule has 3 nitrogen and oxygen atoms in total. The first kappa shape index (κ1) is 12.3. The van der Waals surface area contributed by atoms with Crippen molar-refractivity contribution in [3.05, 3.63) is 0 Å². The molecule has 2 atom stereocenters. The van der Waals surface area contributed by atoms with Crippen molar-refractivity contribution < 1.29 is 0 Å². The average molecular weight is 225 g/mol. The molecule has 2 heterocycles. The van der Waals surface area contributed by atoms with E-state index >= 15 is 0 Å². The summed E-state index contributed by atoms with van der Waals surface area (Å²) < 4.78 is 0. The predicted octanol–water partition coefficient (Wildman–Crippen LogP) is 1.15. The summed E-state index contributed by atoms with van der Waals surface area (Å²) in [6, 6.07) is 2.28. The van der Waals surface area contributed by atoms with E-state index in [4.69, 9.17) is 0 Å². The molecule has 0 aromatic rings. The Morgan fingerprint density at radius 2 is 1.94 bits per heavy atom. The molecule has 0 aromatic heterocycles. The molecule has 2 saturated heterocycles. The van der Waals surface area contributed by atoms with Gasteiger partial charge in [-0.2, -0.15) is 0 Å². The minimum atomic E-state index is 0.669. The van der Waals surface area contributed by atoms with E-state index in [1.54, 1.807) is 0 Å². The van der Waals surface area contributed by atoms with Crippen LogP contribution in [-0.2, 0) is 0 Å². The van der Waals surface area contributed by atoms with E-state index in [0.717, 1.165) is 12.1 Å². The number of piperidine rings is 1. The molecule has 94 valence electrons. The number of nitrogens with one attached hydrogen (secondary N) is 1. The van der Waals surface area contributed by atoms with E-state index in [1.165, 1.54) is 45.4 Å². The zero-order valence-electron chi connectivity index (χ0n) is 11.1. The fraction of sp³-hybridized carbons (Fsp3) is 1.00. The van der Waals surface area contributed by atoms with E-state index in [-0.39, 0.29) is 0 Å². The molecule has 0 bridgehead atoms. The third kappa shape index (κ3) is 2.76. The highest BCUT2D eigenvalue weighted by Crippen LogP contribution is 2.21. The lowest BCUT2D eigenvalue weighted by Gasteiger charge is -2.46. The lowest BCUT2D eigenvalue weighted by Crippen LogP contribution is -2.59. The Bertz CT molecular complexity index is 211. The van der Waals surface area contributed by atoms with Crippen LogP contribution < -0.4 is 5.32 Å². The largest absolute Gasteiger partial charge is 0.311 e. The summed E-state index contributed by atoms with van der Waals surface area (Å²) in [7, 11) is 2.24. The Labute approximate surface area is 100 Å². The molecule has 0 saturated carbocycles. The second kappa shape index (κ2) is 5.48. The van der Waals surface area contributed by atoms with Crippen LogP contribution in [0.3, 0.4) is 0 Å². The molecular weight excluding hydrogens is 198 g/mol. The summed E-state index contributed by atoms with van der Waals surface area (Å²) in [4.78, 5) is 5.25. The molecular formula is C13H27N3. The van der Waals surface area contributed by atoms with Crippen molar-refractivity contribution in [3.63, 3.8) is 0 Å². The maximum Gasteiger partial charge on any atom is 0.0221 e. The van der Waals surface area contributed by atoms with Crippen LogP contribution in [0.15, 0.2) is 0 Å². The average Bonchev–Trinajstić information content (AvgIpc) is 2.30. The van der Waals surface area contributed by atoms with Crippen molar-refractivity contribution in [2.45, 2.75) is 51.2 Å². The maximum atomic E-state index is 3.61. The van der Waals surface area contributed by atoms with Gasteiger partial charge in [-0.15, -0.1) is 0 Å². The third-order valence-electron chi connectivity index (χ3n) is 4.28. The molecule has 16 heavy (non-hydrogen) atoms. The molecule has 0 amide bonds. The van der Waals surface area contributed by atoms with Gasteiger partial charge in [-0.1, -0.05) is 6.92 Å². The number of hydrogen-bond donors (Lipinski definition) is 1. The van der Waals surface area contributed by atoms with Gasteiger partial charge in [-0.05, 0) is 46.3 Å². The van der Waals surface area contributed by atoms with Crippen LogP contribution in [-0.4, -0.2) is 61.2 Å². The van der Waals surface area contributed by atoms with Crippen molar-refractivity contribution in [2.24, 2.45) is 0 Å². The quantitative estimate of drug-likeness (QED) is 0.760. The lowest BCUT2D eigenvalue weighted by atomic mass is 9.97. The Hall–Kier alpha value is -0.120. The zero-order chi connectivity index (χ0) is 11.5. The van der Waals surface area contributed by atoms with Crippen molar-refractivity contribution in [1.29, 1.82) is 0 Å². The van der Waals surface area contributed by atoms with Crippen molar-refractivity contribution in [3.8, 4) is 0 Å². The van der Waals surface area contributed by atoms with Gasteiger partial charge in [0.15, 0.2) is 0 Å². The molecule has 0 aliphatic carbocycles. The molecule has 2 aliphatic heterocycles. The number of piperazine rings is 1. The van der Waals surface area contributed by atoms with E-state index in [1.807, 2.05) is 0 Å². The molecule has 2 rings (SSSR count). The van der Waals surface area contributed by atoms with Gasteiger partial charge < -0.3 is 10.2 Å². The van der Waals surface area contributed by atoms with Crippen LogP contribution in [0.5, 0.6) is 0 Å². The van der Waals surface area contributed by atoms with Crippen molar-refractivity contribution in [1.82, 2.24) is 15.1 Å². The molecule has 0 spiro atoms. The highest BCUT2D eigenvalue weighted by atomic mass is 15.3. The van der Waals surface area contributed by atoms with Crippen LogP contribution in [0.2, 0.25) is 0 Å². The Morgan fingerprint density at radius 1 is 1.25 bits per heavy atom.